The summed E-state index contributed by atoms with van der Waals surface area (Å²) in [6.07, 6.45) is 3.49. The van der Waals surface area contributed by atoms with Crippen molar-refractivity contribution in [3.63, 3.8) is 0 Å². The standard InChI is InChI=1S/C15H19Cl2N/c1-3-6-15(7-8-18-10-15)11(2)12-4-5-13(16)14(17)9-12/h4-5,9,18H,2-3,6-8,10H2,1H3/t15-/m0/s1. The van der Waals surface area contributed by atoms with Gasteiger partial charge >= 0.3 is 0 Å². The molecule has 0 aliphatic carbocycles. The maximum atomic E-state index is 6.10. The lowest BCUT2D eigenvalue weighted by Gasteiger charge is -2.31. The van der Waals surface area contributed by atoms with Gasteiger partial charge in [-0.2, -0.15) is 0 Å². The van der Waals surface area contributed by atoms with Crippen LogP contribution in [0.3, 0.4) is 0 Å². The molecule has 0 amide bonds. The Kier molecular flexibility index (Phi) is 4.37. The van der Waals surface area contributed by atoms with Crippen LogP contribution in [0, 0.1) is 5.41 Å². The average molecular weight is 284 g/mol. The number of hydrogen-bond donors (Lipinski definition) is 1. The zero-order valence-electron chi connectivity index (χ0n) is 10.7. The molecule has 1 saturated heterocycles. The van der Waals surface area contributed by atoms with Crippen LogP contribution in [0.5, 0.6) is 0 Å². The molecule has 2 rings (SSSR count). The van der Waals surface area contributed by atoms with Gasteiger partial charge in [0.2, 0.25) is 0 Å². The second-order valence-corrected chi connectivity index (χ2v) is 5.88. The van der Waals surface area contributed by atoms with Gasteiger partial charge in [-0.05, 0) is 42.7 Å². The fourth-order valence-electron chi connectivity index (χ4n) is 2.83. The molecule has 1 N–H and O–H groups in total. The third kappa shape index (κ3) is 2.59. The smallest absolute Gasteiger partial charge is 0.0598 e. The van der Waals surface area contributed by atoms with Crippen molar-refractivity contribution < 1.29 is 0 Å². The van der Waals surface area contributed by atoms with E-state index in [1.54, 1.807) is 0 Å². The topological polar surface area (TPSA) is 12.0 Å². The van der Waals surface area contributed by atoms with E-state index in [0.29, 0.717) is 10.0 Å². The minimum Gasteiger partial charge on any atom is -0.316 e. The molecule has 1 nitrogen and oxygen atoms in total. The Morgan fingerprint density at radius 3 is 2.72 bits per heavy atom. The lowest BCUT2D eigenvalue weighted by atomic mass is 9.74. The minimum absolute atomic E-state index is 0.186. The Labute approximate surface area is 119 Å². The lowest BCUT2D eigenvalue weighted by molar-refractivity contribution is 0.404. The maximum Gasteiger partial charge on any atom is 0.0598 e. The molecule has 1 aliphatic heterocycles. The van der Waals surface area contributed by atoms with Gasteiger partial charge in [0.05, 0.1) is 10.0 Å². The number of hydrogen-bond acceptors (Lipinski definition) is 1. The van der Waals surface area contributed by atoms with E-state index in [1.807, 2.05) is 18.2 Å². The van der Waals surface area contributed by atoms with E-state index in [1.165, 1.54) is 18.4 Å². The third-order valence-electron chi connectivity index (χ3n) is 3.88. The first kappa shape index (κ1) is 13.9. The summed E-state index contributed by atoms with van der Waals surface area (Å²) in [6.45, 7) is 8.63. The summed E-state index contributed by atoms with van der Waals surface area (Å²) in [5.41, 5.74) is 2.49. The zero-order valence-corrected chi connectivity index (χ0v) is 12.2. The van der Waals surface area contributed by atoms with Crippen molar-refractivity contribution in [2.24, 2.45) is 5.41 Å². The molecular weight excluding hydrogens is 265 g/mol. The molecule has 1 heterocycles. The summed E-state index contributed by atoms with van der Waals surface area (Å²) < 4.78 is 0. The van der Waals surface area contributed by atoms with Gasteiger partial charge in [-0.1, -0.05) is 49.2 Å². The van der Waals surface area contributed by atoms with Crippen molar-refractivity contribution in [2.45, 2.75) is 26.2 Å². The highest BCUT2D eigenvalue weighted by Crippen LogP contribution is 2.43. The molecule has 1 fully saturated rings. The monoisotopic (exact) mass is 283 g/mol. The first-order chi connectivity index (χ1) is 8.59. The molecule has 18 heavy (non-hydrogen) atoms. The molecule has 1 aromatic rings. The van der Waals surface area contributed by atoms with Gasteiger partial charge in [0.1, 0.15) is 0 Å². The second-order valence-electron chi connectivity index (χ2n) is 5.06. The molecule has 0 radical (unpaired) electrons. The average Bonchev–Trinajstić information content (AvgIpc) is 2.82. The normalized spacial score (nSPS) is 23.3. The molecule has 0 unspecified atom stereocenters. The SMILES string of the molecule is C=C(c1ccc(Cl)c(Cl)c1)[C@@]1(CCC)CCNC1. The Bertz CT molecular complexity index is 448. The van der Waals surface area contributed by atoms with E-state index in [0.717, 1.165) is 25.1 Å². The van der Waals surface area contributed by atoms with Crippen LogP contribution in [0.1, 0.15) is 31.7 Å². The Morgan fingerprint density at radius 2 is 2.17 bits per heavy atom. The molecule has 3 heteroatoms. The summed E-state index contributed by atoms with van der Waals surface area (Å²) >= 11 is 12.1. The number of benzene rings is 1. The van der Waals surface area contributed by atoms with Gasteiger partial charge < -0.3 is 5.32 Å². The summed E-state index contributed by atoms with van der Waals surface area (Å²) in [6, 6.07) is 5.81. The molecule has 0 spiro atoms. The van der Waals surface area contributed by atoms with Crippen molar-refractivity contribution in [1.29, 1.82) is 0 Å². The van der Waals surface area contributed by atoms with E-state index >= 15 is 0 Å². The molecule has 0 bridgehead atoms. The van der Waals surface area contributed by atoms with E-state index in [-0.39, 0.29) is 5.41 Å². The van der Waals surface area contributed by atoms with Crippen LogP contribution in [0.4, 0.5) is 0 Å². The van der Waals surface area contributed by atoms with Gasteiger partial charge in [-0.15, -0.1) is 0 Å². The quantitative estimate of drug-likeness (QED) is 0.838. The number of halogens is 2. The Hall–Kier alpha value is -0.500. The molecule has 98 valence electrons. The van der Waals surface area contributed by atoms with E-state index in [9.17, 15) is 0 Å². The first-order valence-electron chi connectivity index (χ1n) is 6.44. The summed E-state index contributed by atoms with van der Waals surface area (Å²) in [4.78, 5) is 0. The predicted octanol–water partition coefficient (Wildman–Crippen LogP) is 4.79. The van der Waals surface area contributed by atoms with E-state index in [2.05, 4.69) is 18.8 Å². The Morgan fingerprint density at radius 1 is 1.39 bits per heavy atom. The van der Waals surface area contributed by atoms with E-state index in [4.69, 9.17) is 23.2 Å². The summed E-state index contributed by atoms with van der Waals surface area (Å²) in [5.74, 6) is 0. The van der Waals surface area contributed by atoms with Crippen molar-refractivity contribution in [3.8, 4) is 0 Å². The molecule has 0 saturated carbocycles. The van der Waals surface area contributed by atoms with Gasteiger partial charge in [0.15, 0.2) is 0 Å². The second kappa shape index (κ2) is 5.64. The fraction of sp³-hybridized carbons (Fsp3) is 0.467. The van der Waals surface area contributed by atoms with Gasteiger partial charge in [0.25, 0.3) is 0 Å². The van der Waals surface area contributed by atoms with Gasteiger partial charge in [-0.25, -0.2) is 0 Å². The highest BCUT2D eigenvalue weighted by atomic mass is 35.5. The molecule has 0 aromatic heterocycles. The maximum absolute atomic E-state index is 6.10. The predicted molar refractivity (Wildman–Crippen MR) is 80.3 cm³/mol. The summed E-state index contributed by atoms with van der Waals surface area (Å²) in [5, 5.41) is 4.66. The van der Waals surface area contributed by atoms with Gasteiger partial charge in [-0.3, -0.25) is 0 Å². The zero-order chi connectivity index (χ0) is 13.2. The lowest BCUT2D eigenvalue weighted by Crippen LogP contribution is -2.25. The minimum atomic E-state index is 0.186. The van der Waals surface area contributed by atoms with Gasteiger partial charge in [0, 0.05) is 12.0 Å². The van der Waals surface area contributed by atoms with Crippen LogP contribution in [-0.4, -0.2) is 13.1 Å². The summed E-state index contributed by atoms with van der Waals surface area (Å²) in [7, 11) is 0. The van der Waals surface area contributed by atoms with Crippen LogP contribution in [0.15, 0.2) is 24.8 Å². The Balaban J connectivity index is 2.30. The van der Waals surface area contributed by atoms with E-state index < -0.39 is 0 Å². The third-order valence-corrected chi connectivity index (χ3v) is 4.62. The van der Waals surface area contributed by atoms with Crippen LogP contribution < -0.4 is 5.32 Å². The largest absolute Gasteiger partial charge is 0.316 e. The van der Waals surface area contributed by atoms with Crippen molar-refractivity contribution in [1.82, 2.24) is 5.32 Å². The molecule has 1 aromatic carbocycles. The van der Waals surface area contributed by atoms with Crippen molar-refractivity contribution >= 4 is 28.8 Å². The van der Waals surface area contributed by atoms with Crippen molar-refractivity contribution in [3.05, 3.63) is 40.4 Å². The molecule has 1 aliphatic rings. The number of nitrogens with one attached hydrogen (secondary N) is 1. The van der Waals surface area contributed by atoms with Crippen LogP contribution in [0.25, 0.3) is 5.57 Å². The highest BCUT2D eigenvalue weighted by molar-refractivity contribution is 6.42. The number of rotatable bonds is 4. The van der Waals surface area contributed by atoms with Crippen LogP contribution >= 0.6 is 23.2 Å². The van der Waals surface area contributed by atoms with Crippen LogP contribution in [-0.2, 0) is 0 Å². The van der Waals surface area contributed by atoms with Crippen molar-refractivity contribution in [2.75, 3.05) is 13.1 Å². The van der Waals surface area contributed by atoms with Crippen LogP contribution in [0.2, 0.25) is 10.0 Å². The first-order valence-corrected chi connectivity index (χ1v) is 7.20. The fourth-order valence-corrected chi connectivity index (χ4v) is 3.13. The highest BCUT2D eigenvalue weighted by Gasteiger charge is 2.36. The molecular formula is C15H19Cl2N. The molecule has 1 atom stereocenters.